The fraction of sp³-hybridized carbons (Fsp3) is 0.381. The van der Waals surface area contributed by atoms with E-state index in [9.17, 15) is 0 Å². The third-order valence-electron chi connectivity index (χ3n) is 4.09. The molecule has 2 N–H and O–H groups in total. The highest BCUT2D eigenvalue weighted by Crippen LogP contribution is 2.25. The number of hydrogen-bond acceptors (Lipinski definition) is 4. The van der Waals surface area contributed by atoms with E-state index in [0.29, 0.717) is 6.54 Å². The third kappa shape index (κ3) is 6.40. The van der Waals surface area contributed by atoms with Crippen LogP contribution in [0.15, 0.2) is 47.5 Å². The Morgan fingerprint density at radius 2 is 1.70 bits per heavy atom. The van der Waals surface area contributed by atoms with E-state index in [0.717, 1.165) is 48.3 Å². The van der Waals surface area contributed by atoms with Crippen LogP contribution in [0.4, 0.5) is 0 Å². The van der Waals surface area contributed by atoms with Gasteiger partial charge in [0.05, 0.1) is 27.9 Å². The van der Waals surface area contributed by atoms with E-state index in [-0.39, 0.29) is 0 Å². The summed E-state index contributed by atoms with van der Waals surface area (Å²) >= 11 is 0. The Morgan fingerprint density at radius 3 is 2.41 bits per heavy atom. The van der Waals surface area contributed by atoms with E-state index in [1.54, 1.807) is 21.3 Å². The van der Waals surface area contributed by atoms with Crippen molar-refractivity contribution < 1.29 is 14.2 Å². The summed E-state index contributed by atoms with van der Waals surface area (Å²) in [5.41, 5.74) is 2.22. The van der Waals surface area contributed by atoms with Crippen LogP contribution in [0.5, 0.6) is 17.2 Å². The molecule has 0 fully saturated rings. The minimum Gasteiger partial charge on any atom is -0.497 e. The first-order chi connectivity index (χ1) is 13.2. The number of nitrogens with zero attached hydrogens (tertiary/aromatic N) is 1. The van der Waals surface area contributed by atoms with Crippen molar-refractivity contribution in [1.29, 1.82) is 0 Å². The Bertz CT molecular complexity index is 747. The van der Waals surface area contributed by atoms with E-state index in [1.165, 1.54) is 5.56 Å². The lowest BCUT2D eigenvalue weighted by Gasteiger charge is -2.13. The van der Waals surface area contributed by atoms with Crippen LogP contribution in [-0.4, -0.2) is 40.4 Å². The Balaban J connectivity index is 1.97. The highest BCUT2D eigenvalue weighted by atomic mass is 16.5. The first-order valence-electron chi connectivity index (χ1n) is 9.06. The molecule has 6 nitrogen and oxygen atoms in total. The standard InChI is InChI=1S/C21H29N3O3/c1-5-22-21(23-12-11-16-7-6-8-18(13-16)25-2)24-15-17-9-10-19(26-3)14-20(17)27-4/h6-10,13-14H,5,11-12,15H2,1-4H3,(H2,22,23,24). The fourth-order valence-electron chi connectivity index (χ4n) is 2.64. The van der Waals surface area contributed by atoms with Gasteiger partial charge in [0.15, 0.2) is 5.96 Å². The van der Waals surface area contributed by atoms with Gasteiger partial charge >= 0.3 is 0 Å². The van der Waals surface area contributed by atoms with Crippen LogP contribution in [0, 0.1) is 0 Å². The minimum absolute atomic E-state index is 0.516. The number of rotatable bonds is 9. The van der Waals surface area contributed by atoms with Crippen molar-refractivity contribution >= 4 is 5.96 Å². The molecule has 6 heteroatoms. The maximum absolute atomic E-state index is 5.44. The normalized spacial score (nSPS) is 11.0. The molecule has 0 unspecified atom stereocenters. The first-order valence-corrected chi connectivity index (χ1v) is 9.06. The van der Waals surface area contributed by atoms with Gasteiger partial charge in [-0.25, -0.2) is 4.99 Å². The van der Waals surface area contributed by atoms with Crippen LogP contribution >= 0.6 is 0 Å². The Morgan fingerprint density at radius 1 is 0.926 bits per heavy atom. The molecule has 0 aliphatic rings. The maximum atomic E-state index is 5.44. The molecular weight excluding hydrogens is 342 g/mol. The molecule has 27 heavy (non-hydrogen) atoms. The number of methoxy groups -OCH3 is 3. The van der Waals surface area contributed by atoms with E-state index >= 15 is 0 Å². The van der Waals surface area contributed by atoms with Crippen molar-refractivity contribution in [2.24, 2.45) is 4.99 Å². The summed E-state index contributed by atoms with van der Waals surface area (Å²) in [4.78, 5) is 4.66. The number of benzene rings is 2. The number of aliphatic imine (C=N–C) groups is 1. The van der Waals surface area contributed by atoms with Crippen molar-refractivity contribution in [2.45, 2.75) is 19.9 Å². The quantitative estimate of drug-likeness (QED) is 0.524. The van der Waals surface area contributed by atoms with Crippen LogP contribution in [0.25, 0.3) is 0 Å². The molecular formula is C21H29N3O3. The molecule has 2 aromatic rings. The van der Waals surface area contributed by atoms with Crippen molar-refractivity contribution in [3.05, 3.63) is 53.6 Å². The van der Waals surface area contributed by atoms with E-state index in [2.05, 4.69) is 21.7 Å². The molecule has 0 saturated heterocycles. The molecule has 0 heterocycles. The second kappa shape index (κ2) is 11.0. The van der Waals surface area contributed by atoms with E-state index < -0.39 is 0 Å². The van der Waals surface area contributed by atoms with Gasteiger partial charge in [0.1, 0.15) is 17.2 Å². The van der Waals surface area contributed by atoms with Gasteiger partial charge in [-0.1, -0.05) is 12.1 Å². The average molecular weight is 371 g/mol. The molecule has 0 bridgehead atoms. The van der Waals surface area contributed by atoms with Gasteiger partial charge in [0.2, 0.25) is 0 Å². The lowest BCUT2D eigenvalue weighted by molar-refractivity contribution is 0.391. The molecule has 0 amide bonds. The number of hydrogen-bond donors (Lipinski definition) is 2. The van der Waals surface area contributed by atoms with Gasteiger partial charge in [-0.2, -0.15) is 0 Å². The van der Waals surface area contributed by atoms with Crippen molar-refractivity contribution in [3.63, 3.8) is 0 Å². The van der Waals surface area contributed by atoms with Gasteiger partial charge in [0, 0.05) is 24.7 Å². The Labute approximate surface area is 161 Å². The summed E-state index contributed by atoms with van der Waals surface area (Å²) in [6.45, 7) is 4.14. The van der Waals surface area contributed by atoms with Gasteiger partial charge < -0.3 is 24.8 Å². The van der Waals surface area contributed by atoms with Crippen LogP contribution in [0.3, 0.4) is 0 Å². The van der Waals surface area contributed by atoms with Crippen molar-refractivity contribution in [1.82, 2.24) is 10.6 Å². The van der Waals surface area contributed by atoms with Gasteiger partial charge in [0.25, 0.3) is 0 Å². The largest absolute Gasteiger partial charge is 0.497 e. The molecule has 0 aromatic heterocycles. The van der Waals surface area contributed by atoms with Crippen LogP contribution in [0.2, 0.25) is 0 Å². The first kappa shape index (κ1) is 20.4. The summed E-state index contributed by atoms with van der Waals surface area (Å²) in [6, 6.07) is 13.9. The van der Waals surface area contributed by atoms with E-state index in [1.807, 2.05) is 43.3 Å². The minimum atomic E-state index is 0.516. The molecule has 0 radical (unpaired) electrons. The molecule has 0 spiro atoms. The summed E-state index contributed by atoms with van der Waals surface area (Å²) in [6.07, 6.45) is 0.882. The highest BCUT2D eigenvalue weighted by molar-refractivity contribution is 5.79. The lowest BCUT2D eigenvalue weighted by atomic mass is 10.1. The van der Waals surface area contributed by atoms with Crippen LogP contribution in [-0.2, 0) is 13.0 Å². The SMILES string of the molecule is CCNC(=NCc1ccc(OC)cc1OC)NCCc1cccc(OC)c1. The Kier molecular flexibility index (Phi) is 8.29. The second-order valence-corrected chi connectivity index (χ2v) is 5.90. The predicted molar refractivity (Wildman–Crippen MR) is 109 cm³/mol. The topological polar surface area (TPSA) is 64.1 Å². The predicted octanol–water partition coefficient (Wildman–Crippen LogP) is 3.01. The molecule has 0 aliphatic carbocycles. The average Bonchev–Trinajstić information content (AvgIpc) is 2.72. The molecule has 146 valence electrons. The zero-order valence-corrected chi connectivity index (χ0v) is 16.5. The van der Waals surface area contributed by atoms with Crippen molar-refractivity contribution in [3.8, 4) is 17.2 Å². The molecule has 0 aliphatic heterocycles. The fourth-order valence-corrected chi connectivity index (χ4v) is 2.64. The monoisotopic (exact) mass is 371 g/mol. The summed E-state index contributed by atoms with van der Waals surface area (Å²) < 4.78 is 15.9. The van der Waals surface area contributed by atoms with Gasteiger partial charge in [-0.15, -0.1) is 0 Å². The number of ether oxygens (including phenoxy) is 3. The lowest BCUT2D eigenvalue weighted by Crippen LogP contribution is -2.38. The summed E-state index contributed by atoms with van der Waals surface area (Å²) in [7, 11) is 4.97. The van der Waals surface area contributed by atoms with Gasteiger partial charge in [-0.05, 0) is 43.2 Å². The zero-order valence-electron chi connectivity index (χ0n) is 16.5. The van der Waals surface area contributed by atoms with Gasteiger partial charge in [-0.3, -0.25) is 0 Å². The molecule has 2 rings (SSSR count). The number of nitrogens with one attached hydrogen (secondary N) is 2. The molecule has 2 aromatic carbocycles. The molecule has 0 saturated carbocycles. The van der Waals surface area contributed by atoms with Crippen LogP contribution in [0.1, 0.15) is 18.1 Å². The van der Waals surface area contributed by atoms with Crippen molar-refractivity contribution in [2.75, 3.05) is 34.4 Å². The Hall–Kier alpha value is -2.89. The smallest absolute Gasteiger partial charge is 0.191 e. The second-order valence-electron chi connectivity index (χ2n) is 5.90. The summed E-state index contributed by atoms with van der Waals surface area (Å²) in [5, 5.41) is 6.64. The zero-order chi connectivity index (χ0) is 19.5. The molecule has 0 atom stereocenters. The third-order valence-corrected chi connectivity index (χ3v) is 4.09. The number of guanidine groups is 1. The highest BCUT2D eigenvalue weighted by Gasteiger charge is 2.05. The summed E-state index contributed by atoms with van der Waals surface area (Å²) in [5.74, 6) is 3.19. The van der Waals surface area contributed by atoms with E-state index in [4.69, 9.17) is 14.2 Å². The van der Waals surface area contributed by atoms with Crippen LogP contribution < -0.4 is 24.8 Å². The maximum Gasteiger partial charge on any atom is 0.191 e.